The molecular weight excluding hydrogens is 1140 g/mol. The lowest BCUT2D eigenvalue weighted by molar-refractivity contribution is -0.745. The highest BCUT2D eigenvalue weighted by Gasteiger charge is 2.52. The molecule has 0 aliphatic carbocycles. The van der Waals surface area contributed by atoms with Gasteiger partial charge in [-0.3, -0.25) is 23.7 Å². The summed E-state index contributed by atoms with van der Waals surface area (Å²) in [5.41, 5.74) is 10.4. The molecule has 0 saturated carbocycles. The van der Waals surface area contributed by atoms with E-state index >= 15 is 0 Å². The average molecular weight is 1200 g/mol. The number of nitrogens with one attached hydrogen (secondary N) is 3. The van der Waals surface area contributed by atoms with Crippen LogP contribution in [0, 0.1) is 0 Å². The number of aliphatic hydroxyl groups excluding tert-OH is 1. The van der Waals surface area contributed by atoms with E-state index in [1.165, 1.54) is 36.1 Å². The minimum Gasteiger partial charge on any atom is -0.478 e. The number of amides is 2. The zero-order valence-electron chi connectivity index (χ0n) is 45.8. The number of aromatic amines is 1. The number of hydrogen-bond donors (Lipinski definition) is 10. The maximum Gasteiger partial charge on any atom is 0.490 e. The SMILES string of the molecule is CCN1c2cc3c(cc2C(C)=CC1(C)C)C(c1cc(C(=O)NCCNC(=O)O[C@@H]2[C@H](O)[C@@H](COP(=O)(O)OP(=O)(O)OP(=O)(O)O)O[C@H]2[n+]2cn(C)c4c(=O)[nH]c(N)nc42)ccc1C(=O)O)=c1cc2c(cc1O3)=[N+](CC)C(C)(C)C=C2C. The van der Waals surface area contributed by atoms with Crippen LogP contribution in [-0.4, -0.2) is 124 Å². The molecule has 0 spiro atoms. The Labute approximate surface area is 467 Å². The number of nitrogens with zero attached hydrogens (tertiary/aromatic N) is 5. The number of nitrogens with two attached hydrogens (primary N) is 1. The van der Waals surface area contributed by atoms with Gasteiger partial charge < -0.3 is 65.3 Å². The van der Waals surface area contributed by atoms with Gasteiger partial charge in [0.05, 0.1) is 30.8 Å². The molecule has 9 rings (SSSR count). The summed E-state index contributed by atoms with van der Waals surface area (Å²) in [6, 6.07) is 12.2. The van der Waals surface area contributed by atoms with Crippen molar-refractivity contribution < 1.29 is 89.8 Å². The number of carboxylic acid groups (broad SMARTS) is 1. The summed E-state index contributed by atoms with van der Waals surface area (Å²) in [6.45, 7) is 16.4. The van der Waals surface area contributed by atoms with Crippen molar-refractivity contribution in [3.63, 3.8) is 0 Å². The number of aromatic nitrogens is 4. The number of carbonyl (C=O) groups excluding carboxylic acids is 2. The van der Waals surface area contributed by atoms with Crippen LogP contribution in [0.15, 0.2) is 65.7 Å². The number of alkyl carbamates (subject to hydrolysis) is 1. The van der Waals surface area contributed by atoms with Gasteiger partial charge in [-0.05, 0) is 94.7 Å². The van der Waals surface area contributed by atoms with Crippen LogP contribution < -0.4 is 51.3 Å². The number of aliphatic hydroxyl groups is 1. The maximum absolute atomic E-state index is 14.1. The van der Waals surface area contributed by atoms with Crippen LogP contribution in [0.3, 0.4) is 0 Å². The lowest BCUT2D eigenvalue weighted by atomic mass is 9.83. The summed E-state index contributed by atoms with van der Waals surface area (Å²) in [7, 11) is -16.0. The number of hydrogen-bond acceptors (Lipinski definition) is 17. The summed E-state index contributed by atoms with van der Waals surface area (Å²) in [6.07, 6.45) is -2.65. The molecule has 6 heterocycles. The number of H-pyrrole nitrogens is 1. The first kappa shape index (κ1) is 59.7. The van der Waals surface area contributed by atoms with Crippen LogP contribution in [0.25, 0.3) is 27.9 Å². The Kier molecular flexibility index (Phi) is 15.8. The van der Waals surface area contributed by atoms with E-state index < -0.39 is 78.1 Å². The number of fused-ring (bicyclic) bond motifs is 5. The standard InChI is InChI=1S/C51H60N9O19P3/c1-10-59-34-19-36-32(17-29(34)25(3)21-50(59,5)6)39(33-18-30-26(4)22-51(7,8)60(11-2)35(30)20-37(33)75-36)31-16-27(12-13-28(31)47(64)65)44(62)53-14-15-54-49(66)77-42-41(61)38(23-74-81(70,71)79-82(72,73)78-80(67,68)69)76-46(42)58-24-57(9)40-43(58)55-48(52)56-45(40)63/h12-13,16-22,24,38,41-42,46,61H,10-11,14-15,23H2,1-9H3,(H8-2,52,53,54,55,56,62,63,64,65,66,67,68,69,70,71,72,73)/p+2/t38-,41-,42-,46-/m1/s1. The molecule has 82 heavy (non-hydrogen) atoms. The number of carboxylic acids is 1. The van der Waals surface area contributed by atoms with E-state index in [4.69, 9.17) is 34.3 Å². The molecule has 1 fully saturated rings. The Morgan fingerprint density at radius 2 is 1.59 bits per heavy atom. The van der Waals surface area contributed by atoms with Gasteiger partial charge >= 0.3 is 41.2 Å². The molecule has 28 nitrogen and oxygen atoms in total. The summed E-state index contributed by atoms with van der Waals surface area (Å²) in [5.74, 6) is -1.25. The largest absolute Gasteiger partial charge is 0.490 e. The number of aryl methyl sites for hydroxylation is 1. The number of phosphoric ester groups is 1. The smallest absolute Gasteiger partial charge is 0.478 e. The van der Waals surface area contributed by atoms with Crippen LogP contribution in [-0.2, 0) is 43.4 Å². The molecule has 3 aromatic carbocycles. The van der Waals surface area contributed by atoms with Crippen LogP contribution in [0.1, 0.15) is 105 Å². The lowest BCUT2D eigenvalue weighted by Crippen LogP contribution is -2.49. The Hall–Kier alpha value is -6.90. The Bertz CT molecular complexity index is 3940. The molecule has 4 aliphatic heterocycles. The molecular formula is C51H62N9O19P3+2. The maximum atomic E-state index is 14.1. The molecule has 0 radical (unpaired) electrons. The monoisotopic (exact) mass is 1200 g/mol. The summed E-state index contributed by atoms with van der Waals surface area (Å²) in [4.78, 5) is 100. The second kappa shape index (κ2) is 21.7. The van der Waals surface area contributed by atoms with Gasteiger partial charge in [0.25, 0.3) is 17.4 Å². The van der Waals surface area contributed by atoms with Gasteiger partial charge in [-0.25, -0.2) is 32.4 Å². The van der Waals surface area contributed by atoms with Crippen LogP contribution in [0.5, 0.6) is 11.5 Å². The number of rotatable bonds is 17. The van der Waals surface area contributed by atoms with Crippen LogP contribution >= 0.6 is 23.5 Å². The third kappa shape index (κ3) is 11.6. The van der Waals surface area contributed by atoms with E-state index in [1.54, 1.807) is 0 Å². The van der Waals surface area contributed by atoms with Crippen molar-refractivity contribution in [1.82, 2.24) is 29.7 Å². The van der Waals surface area contributed by atoms with E-state index in [0.29, 0.717) is 40.9 Å². The number of likely N-dealkylation sites (N-methyl/N-ethyl adjacent to an activating group) is 2. The van der Waals surface area contributed by atoms with Crippen molar-refractivity contribution in [2.24, 2.45) is 7.05 Å². The first-order valence-corrected chi connectivity index (χ1v) is 30.1. The normalized spacial score (nSPS) is 21.2. The Balaban J connectivity index is 0.991. The fourth-order valence-corrected chi connectivity index (χ4v) is 14.3. The first-order chi connectivity index (χ1) is 38.2. The van der Waals surface area contributed by atoms with E-state index in [-0.39, 0.29) is 58.0 Å². The van der Waals surface area contributed by atoms with Crippen molar-refractivity contribution in [3.05, 3.63) is 115 Å². The zero-order chi connectivity index (χ0) is 59.9. The number of allylic oxidation sites excluding steroid dienone is 2. The fraction of sp³-hybridized carbons (Fsp3) is 0.392. The first-order valence-electron chi connectivity index (χ1n) is 25.6. The van der Waals surface area contributed by atoms with Crippen molar-refractivity contribution in [2.45, 2.75) is 91.0 Å². The second-order valence-electron chi connectivity index (χ2n) is 21.0. The van der Waals surface area contributed by atoms with Gasteiger partial charge in [0.1, 0.15) is 30.3 Å². The van der Waals surface area contributed by atoms with E-state index in [1.807, 2.05) is 38.1 Å². The topological polar surface area (TPSA) is 390 Å². The highest BCUT2D eigenvalue weighted by Crippen LogP contribution is 2.66. The predicted molar refractivity (Wildman–Crippen MR) is 294 cm³/mol. The summed E-state index contributed by atoms with van der Waals surface area (Å²) >= 11 is 0. The number of anilines is 2. The molecule has 11 N–H and O–H groups in total. The van der Waals surface area contributed by atoms with E-state index in [0.717, 1.165) is 37.9 Å². The van der Waals surface area contributed by atoms with Gasteiger partial charge in [0.15, 0.2) is 18.0 Å². The molecule has 0 bridgehead atoms. The van der Waals surface area contributed by atoms with Gasteiger partial charge in [-0.2, -0.15) is 8.62 Å². The van der Waals surface area contributed by atoms with Crippen LogP contribution in [0.2, 0.25) is 0 Å². The number of nitrogen functional groups attached to an aromatic ring is 1. The van der Waals surface area contributed by atoms with Crippen molar-refractivity contribution in [1.29, 1.82) is 0 Å². The molecule has 6 atom stereocenters. The van der Waals surface area contributed by atoms with Gasteiger partial charge in [0, 0.05) is 78.3 Å². The molecule has 1 saturated heterocycles. The minimum absolute atomic E-state index is 0.0638. The quantitative estimate of drug-likeness (QED) is 0.0356. The number of benzene rings is 3. The van der Waals surface area contributed by atoms with E-state index in [2.05, 4.69) is 92.4 Å². The number of imidazole rings is 1. The second-order valence-corrected chi connectivity index (χ2v) is 25.4. The molecule has 4 aliphatic rings. The number of carbonyl (C=O) groups is 3. The highest BCUT2D eigenvalue weighted by molar-refractivity contribution is 7.66. The van der Waals surface area contributed by atoms with Crippen molar-refractivity contribution in [3.8, 4) is 11.5 Å². The minimum atomic E-state index is -5.93. The van der Waals surface area contributed by atoms with Crippen molar-refractivity contribution in [2.75, 3.05) is 43.4 Å². The number of aromatic carboxylic acids is 1. The summed E-state index contributed by atoms with van der Waals surface area (Å²) in [5, 5.41) is 29.0. The summed E-state index contributed by atoms with van der Waals surface area (Å²) < 4.78 is 71.0. The van der Waals surface area contributed by atoms with Gasteiger partial charge in [-0.15, -0.1) is 0 Å². The fourth-order valence-electron chi connectivity index (χ4n) is 11.3. The third-order valence-electron chi connectivity index (χ3n) is 14.4. The van der Waals surface area contributed by atoms with Gasteiger partial charge in [-0.1, -0.05) is 11.1 Å². The molecule has 5 aromatic rings. The lowest BCUT2D eigenvalue weighted by Gasteiger charge is -2.43. The van der Waals surface area contributed by atoms with Gasteiger partial charge in [0.2, 0.25) is 17.1 Å². The number of phosphoric acid groups is 3. The Morgan fingerprint density at radius 1 is 0.890 bits per heavy atom. The third-order valence-corrected chi connectivity index (χ3v) is 18.3. The van der Waals surface area contributed by atoms with Crippen LogP contribution in [0.4, 0.5) is 16.4 Å². The number of ether oxygens (including phenoxy) is 3. The molecule has 2 aromatic heterocycles. The van der Waals surface area contributed by atoms with E-state index in [9.17, 15) is 52.9 Å². The molecule has 438 valence electrons. The highest BCUT2D eigenvalue weighted by atomic mass is 31.3. The molecule has 31 heteroatoms. The average Bonchev–Trinajstić information content (AvgIpc) is 3.41. The molecule has 2 unspecified atom stereocenters. The van der Waals surface area contributed by atoms with Crippen molar-refractivity contribution >= 4 is 81.0 Å². The molecule has 2 amide bonds. The Morgan fingerprint density at radius 3 is 2.26 bits per heavy atom. The zero-order valence-corrected chi connectivity index (χ0v) is 48.4. The predicted octanol–water partition coefficient (Wildman–Crippen LogP) is 3.04.